The standard InChI is InChI=1S/C17H16Cl2N2O3/c1-23-14-7-6-11(8-15(14)24-2)9-16(22)21-20-10-12-4-3-5-13(18)17(12)19/h3-8,10H,9H2,1-2H3,(H,21,22). The molecule has 1 amide bonds. The molecule has 0 saturated carbocycles. The van der Waals surface area contributed by atoms with Crippen LogP contribution in [0.2, 0.25) is 10.0 Å². The third kappa shape index (κ3) is 4.63. The lowest BCUT2D eigenvalue weighted by atomic mass is 10.1. The summed E-state index contributed by atoms with van der Waals surface area (Å²) in [5, 5.41) is 4.71. The molecule has 0 aromatic heterocycles. The summed E-state index contributed by atoms with van der Waals surface area (Å²) in [6.45, 7) is 0. The predicted octanol–water partition coefficient (Wildman–Crippen LogP) is 3.70. The molecule has 0 heterocycles. The van der Waals surface area contributed by atoms with Crippen LogP contribution in [0.3, 0.4) is 0 Å². The van der Waals surface area contributed by atoms with Gasteiger partial charge in [-0.2, -0.15) is 5.10 Å². The number of carbonyl (C=O) groups is 1. The number of halogens is 2. The number of nitrogens with one attached hydrogen (secondary N) is 1. The van der Waals surface area contributed by atoms with Crippen LogP contribution in [0.4, 0.5) is 0 Å². The second-order valence-electron chi connectivity index (χ2n) is 4.80. The fourth-order valence-electron chi connectivity index (χ4n) is 2.01. The van der Waals surface area contributed by atoms with Crippen molar-refractivity contribution in [3.05, 3.63) is 57.6 Å². The van der Waals surface area contributed by atoms with E-state index < -0.39 is 0 Å². The number of ether oxygens (including phenoxy) is 2. The molecule has 2 aromatic carbocycles. The van der Waals surface area contributed by atoms with Gasteiger partial charge in [0.25, 0.3) is 0 Å². The maximum Gasteiger partial charge on any atom is 0.244 e. The van der Waals surface area contributed by atoms with Gasteiger partial charge in [-0.15, -0.1) is 0 Å². The van der Waals surface area contributed by atoms with Gasteiger partial charge >= 0.3 is 0 Å². The zero-order valence-corrected chi connectivity index (χ0v) is 14.7. The second-order valence-corrected chi connectivity index (χ2v) is 5.59. The summed E-state index contributed by atoms with van der Waals surface area (Å²) >= 11 is 12.0. The van der Waals surface area contributed by atoms with E-state index in [9.17, 15) is 4.79 Å². The maximum atomic E-state index is 12.0. The van der Waals surface area contributed by atoms with Crippen molar-refractivity contribution in [2.45, 2.75) is 6.42 Å². The maximum absolute atomic E-state index is 12.0. The van der Waals surface area contributed by atoms with Crippen molar-refractivity contribution in [2.75, 3.05) is 14.2 Å². The lowest BCUT2D eigenvalue weighted by molar-refractivity contribution is -0.120. The summed E-state index contributed by atoms with van der Waals surface area (Å²) < 4.78 is 10.4. The molecule has 0 aliphatic heterocycles. The van der Waals surface area contributed by atoms with Gasteiger partial charge in [0, 0.05) is 5.56 Å². The fourth-order valence-corrected chi connectivity index (χ4v) is 2.37. The molecule has 24 heavy (non-hydrogen) atoms. The minimum Gasteiger partial charge on any atom is -0.493 e. The molecule has 7 heteroatoms. The summed E-state index contributed by atoms with van der Waals surface area (Å²) in [6.07, 6.45) is 1.60. The van der Waals surface area contributed by atoms with Gasteiger partial charge in [0.1, 0.15) is 0 Å². The third-order valence-corrected chi connectivity index (χ3v) is 4.02. The monoisotopic (exact) mass is 366 g/mol. The molecule has 5 nitrogen and oxygen atoms in total. The predicted molar refractivity (Wildman–Crippen MR) is 95.4 cm³/mol. The number of benzene rings is 2. The number of hydrogen-bond acceptors (Lipinski definition) is 4. The number of nitrogens with zero attached hydrogens (tertiary/aromatic N) is 1. The molecule has 2 aromatic rings. The Bertz CT molecular complexity index is 763. The van der Waals surface area contributed by atoms with Crippen LogP contribution >= 0.6 is 23.2 Å². The van der Waals surface area contributed by atoms with E-state index >= 15 is 0 Å². The molecule has 0 atom stereocenters. The van der Waals surface area contributed by atoms with Gasteiger partial charge in [-0.1, -0.05) is 41.4 Å². The van der Waals surface area contributed by atoms with Crippen molar-refractivity contribution in [3.63, 3.8) is 0 Å². The van der Waals surface area contributed by atoms with Crippen LogP contribution in [0.25, 0.3) is 0 Å². The van der Waals surface area contributed by atoms with E-state index in [-0.39, 0.29) is 12.3 Å². The molecule has 126 valence electrons. The van der Waals surface area contributed by atoms with Crippen LogP contribution in [0.1, 0.15) is 11.1 Å². The summed E-state index contributed by atoms with van der Waals surface area (Å²) in [5.74, 6) is 0.906. The summed E-state index contributed by atoms with van der Waals surface area (Å²) in [6, 6.07) is 10.5. The van der Waals surface area contributed by atoms with Crippen LogP contribution in [-0.2, 0) is 11.2 Å². The normalized spacial score (nSPS) is 10.7. The Hall–Kier alpha value is -2.24. The first-order valence-electron chi connectivity index (χ1n) is 7.02. The van der Waals surface area contributed by atoms with E-state index in [0.29, 0.717) is 27.1 Å². The zero-order chi connectivity index (χ0) is 17.5. The lowest BCUT2D eigenvalue weighted by Gasteiger charge is -2.09. The van der Waals surface area contributed by atoms with Gasteiger partial charge in [-0.3, -0.25) is 4.79 Å². The number of hydrogen-bond donors (Lipinski definition) is 1. The van der Waals surface area contributed by atoms with E-state index in [0.717, 1.165) is 5.56 Å². The molecule has 0 radical (unpaired) electrons. The smallest absolute Gasteiger partial charge is 0.244 e. The Morgan fingerprint density at radius 1 is 1.17 bits per heavy atom. The summed E-state index contributed by atoms with van der Waals surface area (Å²) in [5.41, 5.74) is 3.85. The highest BCUT2D eigenvalue weighted by atomic mass is 35.5. The van der Waals surface area contributed by atoms with Crippen molar-refractivity contribution in [3.8, 4) is 11.5 Å². The van der Waals surface area contributed by atoms with Gasteiger partial charge in [0.05, 0.1) is 36.9 Å². The Morgan fingerprint density at radius 2 is 1.92 bits per heavy atom. The van der Waals surface area contributed by atoms with Crippen LogP contribution in [-0.4, -0.2) is 26.3 Å². The highest BCUT2D eigenvalue weighted by molar-refractivity contribution is 6.43. The van der Waals surface area contributed by atoms with E-state index in [1.54, 1.807) is 50.6 Å². The highest BCUT2D eigenvalue weighted by Gasteiger charge is 2.08. The zero-order valence-electron chi connectivity index (χ0n) is 13.2. The van der Waals surface area contributed by atoms with Crippen molar-refractivity contribution < 1.29 is 14.3 Å². The average Bonchev–Trinajstić information content (AvgIpc) is 2.58. The summed E-state index contributed by atoms with van der Waals surface area (Å²) in [7, 11) is 3.10. The third-order valence-electron chi connectivity index (χ3n) is 3.19. The first-order valence-corrected chi connectivity index (χ1v) is 7.77. The van der Waals surface area contributed by atoms with Crippen LogP contribution in [0.5, 0.6) is 11.5 Å². The lowest BCUT2D eigenvalue weighted by Crippen LogP contribution is -2.19. The number of carbonyl (C=O) groups excluding carboxylic acids is 1. The quantitative estimate of drug-likeness (QED) is 0.626. The van der Waals surface area contributed by atoms with Gasteiger partial charge in [0.2, 0.25) is 5.91 Å². The number of hydrazone groups is 1. The van der Waals surface area contributed by atoms with E-state index in [4.69, 9.17) is 32.7 Å². The first-order chi connectivity index (χ1) is 11.5. The molecule has 2 rings (SSSR count). The number of amides is 1. The van der Waals surface area contributed by atoms with Crippen LogP contribution in [0.15, 0.2) is 41.5 Å². The molecule has 0 bridgehead atoms. The van der Waals surface area contributed by atoms with Gasteiger partial charge in [0.15, 0.2) is 11.5 Å². The molecular weight excluding hydrogens is 351 g/mol. The van der Waals surface area contributed by atoms with Gasteiger partial charge < -0.3 is 9.47 Å². The average molecular weight is 367 g/mol. The van der Waals surface area contributed by atoms with E-state index in [1.807, 2.05) is 0 Å². The molecule has 0 spiro atoms. The molecular formula is C17H16Cl2N2O3. The Morgan fingerprint density at radius 3 is 2.62 bits per heavy atom. The first kappa shape index (κ1) is 18.1. The molecule has 0 saturated heterocycles. The summed E-state index contributed by atoms with van der Waals surface area (Å²) in [4.78, 5) is 12.0. The molecule has 0 aliphatic carbocycles. The van der Waals surface area contributed by atoms with Crippen molar-refractivity contribution in [2.24, 2.45) is 5.10 Å². The highest BCUT2D eigenvalue weighted by Crippen LogP contribution is 2.27. The minimum absolute atomic E-state index is 0.154. The molecule has 0 fully saturated rings. The Balaban J connectivity index is 1.98. The van der Waals surface area contributed by atoms with Crippen molar-refractivity contribution in [1.82, 2.24) is 5.43 Å². The van der Waals surface area contributed by atoms with Crippen LogP contribution in [0, 0.1) is 0 Å². The van der Waals surface area contributed by atoms with Gasteiger partial charge in [-0.25, -0.2) is 5.43 Å². The molecule has 1 N–H and O–H groups in total. The largest absolute Gasteiger partial charge is 0.493 e. The number of methoxy groups -OCH3 is 2. The number of rotatable bonds is 6. The van der Waals surface area contributed by atoms with Crippen LogP contribution < -0.4 is 14.9 Å². The molecule has 0 aliphatic rings. The SMILES string of the molecule is COc1ccc(CC(=O)NN=Cc2cccc(Cl)c2Cl)cc1OC. The topological polar surface area (TPSA) is 59.9 Å². The minimum atomic E-state index is -0.267. The second kappa shape index (κ2) is 8.57. The Labute approximate surface area is 150 Å². The fraction of sp³-hybridized carbons (Fsp3) is 0.176. The van der Waals surface area contributed by atoms with E-state index in [2.05, 4.69) is 10.5 Å². The molecule has 0 unspecified atom stereocenters. The van der Waals surface area contributed by atoms with Gasteiger partial charge in [-0.05, 0) is 23.8 Å². The van der Waals surface area contributed by atoms with Crippen molar-refractivity contribution >= 4 is 35.3 Å². The van der Waals surface area contributed by atoms with Crippen molar-refractivity contribution in [1.29, 1.82) is 0 Å². The van der Waals surface area contributed by atoms with E-state index in [1.165, 1.54) is 6.21 Å². The Kier molecular flexibility index (Phi) is 6.46.